The summed E-state index contributed by atoms with van der Waals surface area (Å²) in [6.45, 7) is 4.44. The van der Waals surface area contributed by atoms with Gasteiger partial charge >= 0.3 is 5.97 Å². The number of benzene rings is 2. The summed E-state index contributed by atoms with van der Waals surface area (Å²) in [5, 5.41) is 0. The number of aliphatic imine (C=N–C) groups is 1. The van der Waals surface area contributed by atoms with E-state index >= 15 is 0 Å². The van der Waals surface area contributed by atoms with Crippen molar-refractivity contribution in [2.45, 2.75) is 44.9 Å². The second kappa shape index (κ2) is 9.51. The van der Waals surface area contributed by atoms with E-state index in [-0.39, 0.29) is 11.7 Å². The molecular formula is C27H29NO4. The molecule has 3 atom stereocenters. The number of carbonyl (C=O) groups is 2. The summed E-state index contributed by atoms with van der Waals surface area (Å²) in [7, 11) is 1.37. The van der Waals surface area contributed by atoms with Crippen LogP contribution in [0, 0.1) is 5.92 Å². The molecule has 0 spiro atoms. The molecular weight excluding hydrogens is 402 g/mol. The van der Waals surface area contributed by atoms with E-state index in [1.807, 2.05) is 56.3 Å². The van der Waals surface area contributed by atoms with Crippen molar-refractivity contribution in [1.29, 1.82) is 0 Å². The zero-order chi connectivity index (χ0) is 22.7. The van der Waals surface area contributed by atoms with E-state index < -0.39 is 17.8 Å². The maximum Gasteiger partial charge on any atom is 0.336 e. The van der Waals surface area contributed by atoms with Crippen molar-refractivity contribution in [1.82, 2.24) is 0 Å². The second-order valence-corrected chi connectivity index (χ2v) is 8.42. The lowest BCUT2D eigenvalue weighted by Crippen LogP contribution is -2.41. The summed E-state index contributed by atoms with van der Waals surface area (Å²) in [6.07, 6.45) is 1.99. The number of hydrogen-bond donors (Lipinski definition) is 0. The molecule has 2 aromatic carbocycles. The Balaban J connectivity index is 1.81. The molecule has 2 aliphatic rings. The molecule has 1 aliphatic carbocycles. The van der Waals surface area contributed by atoms with Gasteiger partial charge in [0, 0.05) is 29.3 Å². The lowest BCUT2D eigenvalue weighted by molar-refractivity contribution is -0.136. The van der Waals surface area contributed by atoms with Crippen LogP contribution in [0.5, 0.6) is 5.75 Å². The predicted molar refractivity (Wildman–Crippen MR) is 124 cm³/mol. The standard InChI is InChI=1S/C27H29NO4/c1-4-14-32-23-13-9-8-12-20(23)25-24(27(30)31-3)17(2)28-21-15-19(16-22(29)26(21)25)18-10-6-5-7-11-18/h5-13,19,25-26H,4,14-16H2,1-3H3/t19-,25-,26?/m1/s1. The van der Waals surface area contributed by atoms with Gasteiger partial charge in [0.2, 0.25) is 0 Å². The van der Waals surface area contributed by atoms with Gasteiger partial charge in [-0.15, -0.1) is 0 Å². The largest absolute Gasteiger partial charge is 0.493 e. The third-order valence-electron chi connectivity index (χ3n) is 6.35. The van der Waals surface area contributed by atoms with Crippen molar-refractivity contribution in [3.05, 3.63) is 77.0 Å². The van der Waals surface area contributed by atoms with Crippen LogP contribution in [0.25, 0.3) is 0 Å². The van der Waals surface area contributed by atoms with Crippen molar-refractivity contribution in [3.8, 4) is 5.75 Å². The molecule has 1 aliphatic heterocycles. The molecule has 0 saturated heterocycles. The highest BCUT2D eigenvalue weighted by molar-refractivity contribution is 6.12. The van der Waals surface area contributed by atoms with Crippen LogP contribution in [0.15, 0.2) is 70.9 Å². The quantitative estimate of drug-likeness (QED) is 0.588. The Morgan fingerprint density at radius 3 is 2.47 bits per heavy atom. The molecule has 0 N–H and O–H groups in total. The molecule has 166 valence electrons. The van der Waals surface area contributed by atoms with Gasteiger partial charge in [-0.25, -0.2) is 4.79 Å². The highest BCUT2D eigenvalue weighted by Gasteiger charge is 2.46. The summed E-state index contributed by atoms with van der Waals surface area (Å²) in [4.78, 5) is 31.2. The maximum atomic E-state index is 13.6. The number of ether oxygens (including phenoxy) is 2. The summed E-state index contributed by atoms with van der Waals surface area (Å²) in [5.41, 5.74) is 3.88. The van der Waals surface area contributed by atoms with E-state index in [0.717, 1.165) is 23.3 Å². The Kier molecular flexibility index (Phi) is 6.54. The molecule has 32 heavy (non-hydrogen) atoms. The molecule has 0 aromatic heterocycles. The van der Waals surface area contributed by atoms with Gasteiger partial charge in [-0.05, 0) is 37.3 Å². The van der Waals surface area contributed by atoms with Gasteiger partial charge in [-0.1, -0.05) is 55.5 Å². The number of Topliss-reactive ketones (excluding diaryl/α,β-unsaturated/α-hetero) is 1. The first-order valence-electron chi connectivity index (χ1n) is 11.2. The fourth-order valence-corrected chi connectivity index (χ4v) is 4.93. The SMILES string of the molecule is CCCOc1ccccc1[C@@H]1C(C(=O)OC)=C(C)N=C2C[C@@H](c3ccccc3)CC(=O)C21. The van der Waals surface area contributed by atoms with Crippen molar-refractivity contribution in [3.63, 3.8) is 0 Å². The number of hydrogen-bond acceptors (Lipinski definition) is 5. The van der Waals surface area contributed by atoms with Crippen LogP contribution in [0.1, 0.15) is 56.1 Å². The molecule has 5 heteroatoms. The Labute approximate surface area is 189 Å². The molecule has 1 unspecified atom stereocenters. The molecule has 4 rings (SSSR count). The molecule has 0 amide bonds. The highest BCUT2D eigenvalue weighted by atomic mass is 16.5. The van der Waals surface area contributed by atoms with E-state index in [1.165, 1.54) is 7.11 Å². The minimum atomic E-state index is -0.487. The summed E-state index contributed by atoms with van der Waals surface area (Å²) < 4.78 is 11.1. The Morgan fingerprint density at radius 1 is 1.03 bits per heavy atom. The lowest BCUT2D eigenvalue weighted by Gasteiger charge is -2.38. The third-order valence-corrected chi connectivity index (χ3v) is 6.35. The number of para-hydroxylation sites is 1. The average Bonchev–Trinajstić information content (AvgIpc) is 2.82. The number of rotatable bonds is 6. The van der Waals surface area contributed by atoms with Gasteiger partial charge < -0.3 is 9.47 Å². The zero-order valence-corrected chi connectivity index (χ0v) is 18.8. The normalized spacial score (nSPS) is 22.8. The Hall–Kier alpha value is -3.21. The Bertz CT molecular complexity index is 1070. The smallest absolute Gasteiger partial charge is 0.336 e. The minimum Gasteiger partial charge on any atom is -0.493 e. The number of fused-ring (bicyclic) bond motifs is 1. The monoisotopic (exact) mass is 431 g/mol. The first kappa shape index (κ1) is 22.0. The lowest BCUT2D eigenvalue weighted by atomic mass is 9.66. The van der Waals surface area contributed by atoms with Gasteiger partial charge in [0.15, 0.2) is 0 Å². The second-order valence-electron chi connectivity index (χ2n) is 8.42. The third kappa shape index (κ3) is 4.12. The molecule has 5 nitrogen and oxygen atoms in total. The molecule has 1 fully saturated rings. The van der Waals surface area contributed by atoms with Crippen LogP contribution < -0.4 is 4.74 Å². The Morgan fingerprint density at radius 2 is 1.75 bits per heavy atom. The fourth-order valence-electron chi connectivity index (χ4n) is 4.93. The van der Waals surface area contributed by atoms with Crippen molar-refractivity contribution in [2.75, 3.05) is 13.7 Å². The van der Waals surface area contributed by atoms with Gasteiger partial charge in [0.1, 0.15) is 11.5 Å². The first-order valence-corrected chi connectivity index (χ1v) is 11.2. The zero-order valence-electron chi connectivity index (χ0n) is 18.8. The van der Waals surface area contributed by atoms with E-state index in [1.54, 1.807) is 0 Å². The number of nitrogens with zero attached hydrogens (tertiary/aromatic N) is 1. The molecule has 1 heterocycles. The van der Waals surface area contributed by atoms with Gasteiger partial charge in [0.05, 0.1) is 25.2 Å². The van der Waals surface area contributed by atoms with Crippen LogP contribution in [-0.2, 0) is 14.3 Å². The van der Waals surface area contributed by atoms with E-state index in [9.17, 15) is 9.59 Å². The van der Waals surface area contributed by atoms with Crippen molar-refractivity contribution < 1.29 is 19.1 Å². The van der Waals surface area contributed by atoms with E-state index in [4.69, 9.17) is 14.5 Å². The van der Waals surface area contributed by atoms with E-state index in [2.05, 4.69) is 12.1 Å². The van der Waals surface area contributed by atoms with Crippen molar-refractivity contribution >= 4 is 17.5 Å². The summed E-state index contributed by atoms with van der Waals surface area (Å²) in [6, 6.07) is 17.8. The van der Waals surface area contributed by atoms with E-state index in [0.29, 0.717) is 36.5 Å². The van der Waals surface area contributed by atoms with Crippen LogP contribution in [0.2, 0.25) is 0 Å². The number of methoxy groups -OCH3 is 1. The van der Waals surface area contributed by atoms with Crippen LogP contribution in [0.4, 0.5) is 0 Å². The predicted octanol–water partition coefficient (Wildman–Crippen LogP) is 5.22. The molecule has 1 saturated carbocycles. The minimum absolute atomic E-state index is 0.0958. The van der Waals surface area contributed by atoms with Crippen LogP contribution in [0.3, 0.4) is 0 Å². The number of ketones is 1. The van der Waals surface area contributed by atoms with Gasteiger partial charge in [-0.2, -0.15) is 0 Å². The number of allylic oxidation sites excluding steroid dienone is 1. The fraction of sp³-hybridized carbons (Fsp3) is 0.370. The first-order chi connectivity index (χ1) is 15.5. The summed E-state index contributed by atoms with van der Waals surface area (Å²) >= 11 is 0. The highest BCUT2D eigenvalue weighted by Crippen LogP contribution is 2.47. The number of esters is 1. The molecule has 0 bridgehead atoms. The molecule has 0 radical (unpaired) electrons. The van der Waals surface area contributed by atoms with Gasteiger partial charge in [-0.3, -0.25) is 9.79 Å². The summed E-state index contributed by atoms with van der Waals surface area (Å²) in [5.74, 6) is -0.496. The number of carbonyl (C=O) groups excluding carboxylic acids is 2. The average molecular weight is 432 g/mol. The van der Waals surface area contributed by atoms with Crippen LogP contribution in [-0.4, -0.2) is 31.2 Å². The maximum absolute atomic E-state index is 13.6. The topological polar surface area (TPSA) is 65.0 Å². The molecule has 2 aromatic rings. The van der Waals surface area contributed by atoms with Gasteiger partial charge in [0.25, 0.3) is 0 Å². The van der Waals surface area contributed by atoms with Crippen LogP contribution >= 0.6 is 0 Å². The van der Waals surface area contributed by atoms with Crippen molar-refractivity contribution in [2.24, 2.45) is 10.9 Å².